The monoisotopic (exact) mass is 514 g/mol. The van der Waals surface area contributed by atoms with E-state index in [4.69, 9.17) is 9.47 Å². The van der Waals surface area contributed by atoms with Gasteiger partial charge in [-0.3, -0.25) is 24.0 Å². The van der Waals surface area contributed by atoms with Crippen LogP contribution in [0.15, 0.2) is 24.3 Å². The number of benzene rings is 1. The Labute approximate surface area is 215 Å². The number of hydrogen-bond donors (Lipinski definition) is 4. The normalized spacial score (nSPS) is 16.4. The number of fused-ring (bicyclic) bond motifs is 1. The number of hydrogen-bond acceptors (Lipinski definition) is 7. The summed E-state index contributed by atoms with van der Waals surface area (Å²) >= 11 is 0. The number of esters is 1. The average molecular weight is 515 g/mol. The molecule has 3 amide bonds. The maximum atomic E-state index is 12.9. The summed E-state index contributed by atoms with van der Waals surface area (Å²) < 4.78 is 10.4. The molecule has 2 atom stereocenters. The summed E-state index contributed by atoms with van der Waals surface area (Å²) in [4.78, 5) is 65.5. The van der Waals surface area contributed by atoms with Gasteiger partial charge in [-0.05, 0) is 58.2 Å². The average Bonchev–Trinajstić information content (AvgIpc) is 3.30. The van der Waals surface area contributed by atoms with Gasteiger partial charge >= 0.3 is 5.97 Å². The molecule has 1 aliphatic heterocycles. The number of amides is 3. The second kappa shape index (κ2) is 11.9. The van der Waals surface area contributed by atoms with E-state index in [0.29, 0.717) is 24.2 Å². The number of rotatable bonds is 10. The molecule has 37 heavy (non-hydrogen) atoms. The van der Waals surface area contributed by atoms with Crippen LogP contribution in [0.2, 0.25) is 0 Å². The molecule has 0 spiro atoms. The van der Waals surface area contributed by atoms with Crippen molar-refractivity contribution in [3.05, 3.63) is 30.0 Å². The number of nitrogens with one attached hydrogen (secondary N) is 4. The number of ketones is 1. The number of ether oxygens (including phenoxy) is 2. The van der Waals surface area contributed by atoms with E-state index in [-0.39, 0.29) is 18.0 Å². The molecule has 11 heteroatoms. The number of carbonyl (C=O) groups excluding carboxylic acids is 5. The molecule has 1 saturated heterocycles. The van der Waals surface area contributed by atoms with Crippen LogP contribution >= 0.6 is 0 Å². The van der Waals surface area contributed by atoms with Crippen LogP contribution in [-0.4, -0.2) is 67.3 Å². The van der Waals surface area contributed by atoms with Crippen LogP contribution < -0.4 is 20.7 Å². The van der Waals surface area contributed by atoms with Crippen LogP contribution in [0.1, 0.15) is 50.5 Å². The molecule has 11 nitrogen and oxygen atoms in total. The lowest BCUT2D eigenvalue weighted by molar-refractivity contribution is -0.156. The van der Waals surface area contributed by atoms with Gasteiger partial charge in [-0.2, -0.15) is 0 Å². The van der Waals surface area contributed by atoms with Crippen molar-refractivity contribution in [1.82, 2.24) is 20.9 Å². The van der Waals surface area contributed by atoms with Crippen LogP contribution in [0.5, 0.6) is 5.75 Å². The Kier molecular flexibility index (Phi) is 8.90. The highest BCUT2D eigenvalue weighted by Crippen LogP contribution is 2.26. The predicted octanol–water partition coefficient (Wildman–Crippen LogP) is 1.47. The fraction of sp³-hybridized carbons (Fsp3) is 0.500. The maximum Gasteiger partial charge on any atom is 0.311 e. The number of piperidine rings is 1. The minimum Gasteiger partial charge on any atom is -0.496 e. The highest BCUT2D eigenvalue weighted by atomic mass is 16.5. The van der Waals surface area contributed by atoms with E-state index in [1.807, 2.05) is 0 Å². The van der Waals surface area contributed by atoms with Gasteiger partial charge in [0.05, 0.1) is 25.1 Å². The predicted molar refractivity (Wildman–Crippen MR) is 135 cm³/mol. The molecule has 4 N–H and O–H groups in total. The molecule has 200 valence electrons. The molecular formula is C26H34N4O7. The number of aromatic amines is 1. The molecule has 1 unspecified atom stereocenters. The zero-order valence-corrected chi connectivity index (χ0v) is 21.6. The molecule has 2 heterocycles. The van der Waals surface area contributed by atoms with Gasteiger partial charge in [0, 0.05) is 23.4 Å². The molecule has 1 aliphatic rings. The third-order valence-electron chi connectivity index (χ3n) is 6.10. The number of aromatic nitrogens is 1. The van der Waals surface area contributed by atoms with Crippen molar-refractivity contribution in [2.45, 2.75) is 46.1 Å². The van der Waals surface area contributed by atoms with Gasteiger partial charge in [0.25, 0.3) is 5.91 Å². The first kappa shape index (κ1) is 27.7. The molecule has 3 rings (SSSR count). The molecule has 1 fully saturated rings. The summed E-state index contributed by atoms with van der Waals surface area (Å²) in [5.41, 5.74) is 0.155. The Morgan fingerprint density at radius 3 is 2.62 bits per heavy atom. The topological polar surface area (TPSA) is 156 Å². The molecular weight excluding hydrogens is 480 g/mol. The summed E-state index contributed by atoms with van der Waals surface area (Å²) in [6, 6.07) is 5.93. The first-order valence-corrected chi connectivity index (χ1v) is 12.2. The minimum absolute atomic E-state index is 0.0687. The van der Waals surface area contributed by atoms with E-state index in [9.17, 15) is 24.0 Å². The summed E-state index contributed by atoms with van der Waals surface area (Å²) in [5.74, 6) is -2.25. The smallest absolute Gasteiger partial charge is 0.311 e. The summed E-state index contributed by atoms with van der Waals surface area (Å²) in [6.07, 6.45) is 1.41. The van der Waals surface area contributed by atoms with Gasteiger partial charge in [-0.25, -0.2) is 0 Å². The molecule has 0 aliphatic carbocycles. The highest BCUT2D eigenvalue weighted by molar-refractivity contribution is 6.01. The zero-order chi connectivity index (χ0) is 27.2. The van der Waals surface area contributed by atoms with Gasteiger partial charge in [0.2, 0.25) is 11.8 Å². The molecule has 0 bridgehead atoms. The first-order valence-electron chi connectivity index (χ1n) is 12.2. The molecule has 1 aromatic carbocycles. The van der Waals surface area contributed by atoms with Gasteiger partial charge < -0.3 is 30.4 Å². The van der Waals surface area contributed by atoms with Crippen LogP contribution in [0, 0.1) is 11.3 Å². The van der Waals surface area contributed by atoms with Crippen molar-refractivity contribution in [3.8, 4) is 5.75 Å². The lowest BCUT2D eigenvalue weighted by Crippen LogP contribution is -2.49. The Morgan fingerprint density at radius 1 is 1.19 bits per heavy atom. The summed E-state index contributed by atoms with van der Waals surface area (Å²) in [6.45, 7) is 4.63. The van der Waals surface area contributed by atoms with Gasteiger partial charge in [0.1, 0.15) is 11.4 Å². The van der Waals surface area contributed by atoms with Crippen LogP contribution in [0.3, 0.4) is 0 Å². The van der Waals surface area contributed by atoms with Crippen LogP contribution in [0.4, 0.5) is 0 Å². The standard InChI is InChI=1S/C26H34N4O7/c1-26(2,3)25(35)37-14-20(31)18(11-15-7-6-10-27-23(15)33)30-22(32)13-28-24(34)19-12-16-17(29-19)8-5-9-21(16)36-4/h5,8-9,12,15,18,29H,6-7,10-11,13-14H2,1-4H3,(H,27,33)(H,28,34)(H,30,32)/t15-,18?/m0/s1. The van der Waals surface area contributed by atoms with E-state index < -0.39 is 54.1 Å². The van der Waals surface area contributed by atoms with E-state index in [2.05, 4.69) is 20.9 Å². The third-order valence-corrected chi connectivity index (χ3v) is 6.10. The SMILES string of the molecule is COc1cccc2[nH]c(C(=O)NCC(=O)NC(C[C@@H]3CCCNC3=O)C(=O)COC(=O)C(C)(C)C)cc12. The van der Waals surface area contributed by atoms with Crippen molar-refractivity contribution in [3.63, 3.8) is 0 Å². The lowest BCUT2D eigenvalue weighted by atomic mass is 9.90. The second-order valence-electron chi connectivity index (χ2n) is 10.1. The number of carbonyl (C=O) groups is 5. The summed E-state index contributed by atoms with van der Waals surface area (Å²) in [5, 5.41) is 8.60. The zero-order valence-electron chi connectivity index (χ0n) is 21.6. The van der Waals surface area contributed by atoms with Crippen molar-refractivity contribution in [2.75, 3.05) is 26.8 Å². The molecule has 0 radical (unpaired) electrons. The van der Waals surface area contributed by atoms with Crippen molar-refractivity contribution in [2.24, 2.45) is 11.3 Å². The van der Waals surface area contributed by atoms with Crippen LogP contribution in [0.25, 0.3) is 10.9 Å². The van der Waals surface area contributed by atoms with Gasteiger partial charge in [-0.1, -0.05) is 6.07 Å². The number of H-pyrrole nitrogens is 1. The van der Waals surface area contributed by atoms with Gasteiger partial charge in [0.15, 0.2) is 12.4 Å². The third kappa shape index (κ3) is 7.31. The van der Waals surface area contributed by atoms with E-state index >= 15 is 0 Å². The van der Waals surface area contributed by atoms with Crippen molar-refractivity contribution in [1.29, 1.82) is 0 Å². The Balaban J connectivity index is 1.63. The summed E-state index contributed by atoms with van der Waals surface area (Å²) in [7, 11) is 1.53. The minimum atomic E-state index is -1.05. The van der Waals surface area contributed by atoms with Crippen molar-refractivity contribution < 1.29 is 33.4 Å². The Bertz CT molecular complexity index is 1180. The highest BCUT2D eigenvalue weighted by Gasteiger charge is 2.31. The Morgan fingerprint density at radius 2 is 1.95 bits per heavy atom. The molecule has 0 saturated carbocycles. The second-order valence-corrected chi connectivity index (χ2v) is 10.1. The van der Waals surface area contributed by atoms with Gasteiger partial charge in [-0.15, -0.1) is 0 Å². The molecule has 1 aromatic heterocycles. The van der Waals surface area contributed by atoms with E-state index in [1.54, 1.807) is 45.0 Å². The first-order chi connectivity index (χ1) is 17.5. The van der Waals surface area contributed by atoms with E-state index in [0.717, 1.165) is 11.8 Å². The number of methoxy groups -OCH3 is 1. The van der Waals surface area contributed by atoms with Crippen molar-refractivity contribution >= 4 is 40.4 Å². The molecule has 2 aromatic rings. The van der Waals surface area contributed by atoms with E-state index in [1.165, 1.54) is 7.11 Å². The quantitative estimate of drug-likeness (QED) is 0.350. The fourth-order valence-electron chi connectivity index (χ4n) is 4.00. The maximum absolute atomic E-state index is 12.9. The number of Topliss-reactive ketones (excluding diaryl/α,β-unsaturated/α-hetero) is 1. The Hall–Kier alpha value is -3.89. The largest absolute Gasteiger partial charge is 0.496 e. The van der Waals surface area contributed by atoms with Crippen LogP contribution in [-0.2, 0) is 23.9 Å². The lowest BCUT2D eigenvalue weighted by Gasteiger charge is -2.26. The fourth-order valence-corrected chi connectivity index (χ4v) is 4.00.